The van der Waals surface area contributed by atoms with E-state index < -0.39 is 0 Å². The Hall–Kier alpha value is -2.27. The fraction of sp³-hybridized carbons (Fsp3) is 0.364. The maximum Gasteiger partial charge on any atom is 0.310 e. The summed E-state index contributed by atoms with van der Waals surface area (Å²) in [4.78, 5) is 28.4. The minimum absolute atomic E-state index is 0.0593. The number of hydrogen-bond donors (Lipinski definition) is 0. The van der Waals surface area contributed by atoms with Gasteiger partial charge in [-0.25, -0.2) is 0 Å². The van der Waals surface area contributed by atoms with Gasteiger partial charge in [-0.15, -0.1) is 11.8 Å². The van der Waals surface area contributed by atoms with Gasteiger partial charge in [-0.3, -0.25) is 9.59 Å². The lowest BCUT2D eigenvalue weighted by molar-refractivity contribution is -0.151. The molecule has 2 aromatic carbocycles. The Labute approximate surface area is 164 Å². The maximum absolute atomic E-state index is 13.4. The van der Waals surface area contributed by atoms with Gasteiger partial charge in [-0.1, -0.05) is 48.5 Å². The Morgan fingerprint density at radius 2 is 1.78 bits per heavy atom. The summed E-state index contributed by atoms with van der Waals surface area (Å²) >= 11 is 1.56. The van der Waals surface area contributed by atoms with E-state index in [0.29, 0.717) is 19.7 Å². The zero-order valence-electron chi connectivity index (χ0n) is 15.5. The van der Waals surface area contributed by atoms with E-state index in [1.54, 1.807) is 11.8 Å². The molecule has 1 fully saturated rings. The number of piperidine rings is 1. The first-order chi connectivity index (χ1) is 13.2. The van der Waals surface area contributed by atoms with E-state index in [4.69, 9.17) is 4.74 Å². The van der Waals surface area contributed by atoms with Crippen LogP contribution in [0.25, 0.3) is 0 Å². The van der Waals surface area contributed by atoms with Crippen LogP contribution in [0.4, 0.5) is 0 Å². The predicted molar refractivity (Wildman–Crippen MR) is 107 cm³/mol. The molecule has 0 radical (unpaired) electrons. The van der Waals surface area contributed by atoms with E-state index in [0.717, 1.165) is 23.3 Å². The summed E-state index contributed by atoms with van der Waals surface area (Å²) in [5.41, 5.74) is 0.981. The van der Waals surface area contributed by atoms with Crippen LogP contribution in [0.2, 0.25) is 0 Å². The number of carbonyl (C=O) groups is 2. The number of hydrogen-bond acceptors (Lipinski definition) is 4. The zero-order chi connectivity index (χ0) is 19.1. The molecule has 0 N–H and O–H groups in total. The number of rotatable bonds is 6. The first-order valence-corrected chi connectivity index (χ1v) is 10.3. The molecule has 27 heavy (non-hydrogen) atoms. The van der Waals surface area contributed by atoms with Gasteiger partial charge >= 0.3 is 5.97 Å². The highest BCUT2D eigenvalue weighted by Crippen LogP contribution is 2.37. The number of ether oxygens (including phenoxy) is 1. The second-order valence-corrected chi connectivity index (χ2v) is 7.78. The fourth-order valence-corrected chi connectivity index (χ4v) is 4.45. The highest BCUT2D eigenvalue weighted by Gasteiger charge is 2.33. The Balaban J connectivity index is 1.79. The maximum atomic E-state index is 13.4. The second kappa shape index (κ2) is 9.60. The van der Waals surface area contributed by atoms with Crippen molar-refractivity contribution < 1.29 is 14.3 Å². The Bertz CT molecular complexity index is 751. The van der Waals surface area contributed by atoms with E-state index in [-0.39, 0.29) is 23.0 Å². The van der Waals surface area contributed by atoms with Crippen molar-refractivity contribution in [2.45, 2.75) is 29.9 Å². The van der Waals surface area contributed by atoms with Gasteiger partial charge in [-0.2, -0.15) is 0 Å². The normalized spacial score (nSPS) is 18.0. The lowest BCUT2D eigenvalue weighted by Gasteiger charge is -2.34. The summed E-state index contributed by atoms with van der Waals surface area (Å²) in [6.07, 6.45) is 1.61. The topological polar surface area (TPSA) is 46.6 Å². The number of thioether (sulfide) groups is 1. The molecular formula is C22H25NO3S. The van der Waals surface area contributed by atoms with Gasteiger partial charge in [0.1, 0.15) is 5.25 Å². The third-order valence-electron chi connectivity index (χ3n) is 4.68. The molecule has 0 aliphatic carbocycles. The van der Waals surface area contributed by atoms with Gasteiger partial charge < -0.3 is 9.64 Å². The molecule has 1 aliphatic heterocycles. The minimum atomic E-state index is -0.324. The van der Waals surface area contributed by atoms with Crippen LogP contribution in [0.15, 0.2) is 65.6 Å². The Morgan fingerprint density at radius 1 is 1.11 bits per heavy atom. The van der Waals surface area contributed by atoms with Gasteiger partial charge in [0.15, 0.2) is 0 Å². The first kappa shape index (κ1) is 19.5. The van der Waals surface area contributed by atoms with E-state index in [9.17, 15) is 9.59 Å². The molecular weight excluding hydrogens is 358 g/mol. The molecule has 5 heteroatoms. The lowest BCUT2D eigenvalue weighted by Crippen LogP contribution is -2.44. The first-order valence-electron chi connectivity index (χ1n) is 9.41. The molecule has 2 atom stereocenters. The number of amides is 1. The average molecular weight is 384 g/mol. The molecule has 0 saturated carbocycles. The summed E-state index contributed by atoms with van der Waals surface area (Å²) in [6, 6.07) is 19.8. The van der Waals surface area contributed by atoms with Crippen molar-refractivity contribution in [2.75, 3.05) is 19.7 Å². The van der Waals surface area contributed by atoms with Crippen LogP contribution in [-0.2, 0) is 14.3 Å². The van der Waals surface area contributed by atoms with Crippen LogP contribution in [0.1, 0.15) is 30.6 Å². The molecule has 0 unspecified atom stereocenters. The number of esters is 1. The Kier molecular flexibility index (Phi) is 6.93. The van der Waals surface area contributed by atoms with Gasteiger partial charge in [-0.05, 0) is 37.5 Å². The van der Waals surface area contributed by atoms with Gasteiger partial charge in [0, 0.05) is 18.0 Å². The molecule has 142 valence electrons. The highest BCUT2D eigenvalue weighted by molar-refractivity contribution is 8.00. The third-order valence-corrected chi connectivity index (χ3v) is 5.93. The van der Waals surface area contributed by atoms with Gasteiger partial charge in [0.2, 0.25) is 5.91 Å². The minimum Gasteiger partial charge on any atom is -0.466 e. The monoisotopic (exact) mass is 383 g/mol. The average Bonchev–Trinajstić information content (AvgIpc) is 2.73. The van der Waals surface area contributed by atoms with Gasteiger partial charge in [0.05, 0.1) is 12.5 Å². The second-order valence-electron chi connectivity index (χ2n) is 6.60. The van der Waals surface area contributed by atoms with Crippen LogP contribution < -0.4 is 0 Å². The molecule has 1 aliphatic rings. The quantitative estimate of drug-likeness (QED) is 0.550. The van der Waals surface area contributed by atoms with Crippen molar-refractivity contribution in [2.24, 2.45) is 5.92 Å². The molecule has 1 heterocycles. The van der Waals surface area contributed by atoms with E-state index in [2.05, 4.69) is 0 Å². The molecule has 0 bridgehead atoms. The third kappa shape index (κ3) is 5.13. The predicted octanol–water partition coefficient (Wildman–Crippen LogP) is 4.32. The SMILES string of the molecule is CCOC(=O)[C@@H]1CCCN(C(=O)[C@@H](Sc2ccccc2)c2ccccc2)C1. The summed E-state index contributed by atoms with van der Waals surface area (Å²) in [5, 5.41) is -0.324. The largest absolute Gasteiger partial charge is 0.466 e. The number of nitrogens with zero attached hydrogens (tertiary/aromatic N) is 1. The van der Waals surface area contributed by atoms with Crippen molar-refractivity contribution in [1.82, 2.24) is 4.90 Å². The lowest BCUT2D eigenvalue weighted by atomic mass is 9.97. The smallest absolute Gasteiger partial charge is 0.310 e. The van der Waals surface area contributed by atoms with Crippen LogP contribution in [0.3, 0.4) is 0 Å². The van der Waals surface area contributed by atoms with Crippen LogP contribution in [0, 0.1) is 5.92 Å². The van der Waals surface area contributed by atoms with Crippen LogP contribution in [-0.4, -0.2) is 36.5 Å². The summed E-state index contributed by atoms with van der Waals surface area (Å²) in [6.45, 7) is 3.31. The fourth-order valence-electron chi connectivity index (χ4n) is 3.32. The van der Waals surface area contributed by atoms with Gasteiger partial charge in [0.25, 0.3) is 0 Å². The molecule has 2 aromatic rings. The van der Waals surface area contributed by atoms with Crippen LogP contribution in [0.5, 0.6) is 0 Å². The van der Waals surface area contributed by atoms with Crippen molar-refractivity contribution in [3.05, 3.63) is 66.2 Å². The standard InChI is InChI=1S/C22H25NO3S/c1-2-26-22(25)18-12-9-15-23(16-18)21(24)20(17-10-5-3-6-11-17)27-19-13-7-4-8-14-19/h3-8,10-11,13-14,18,20H,2,9,12,15-16H2,1H3/t18-,20+/m1/s1. The number of likely N-dealkylation sites (tertiary alicyclic amines) is 1. The summed E-state index contributed by atoms with van der Waals surface area (Å²) in [7, 11) is 0. The summed E-state index contributed by atoms with van der Waals surface area (Å²) < 4.78 is 5.17. The molecule has 1 saturated heterocycles. The van der Waals surface area contributed by atoms with E-state index in [1.165, 1.54) is 0 Å². The molecule has 4 nitrogen and oxygen atoms in total. The van der Waals surface area contributed by atoms with E-state index in [1.807, 2.05) is 72.5 Å². The van der Waals surface area contributed by atoms with E-state index >= 15 is 0 Å². The highest BCUT2D eigenvalue weighted by atomic mass is 32.2. The van der Waals surface area contributed by atoms with Crippen molar-refractivity contribution in [3.63, 3.8) is 0 Å². The zero-order valence-corrected chi connectivity index (χ0v) is 16.4. The molecule has 3 rings (SSSR count). The molecule has 1 amide bonds. The van der Waals surface area contributed by atoms with Crippen molar-refractivity contribution in [3.8, 4) is 0 Å². The van der Waals surface area contributed by atoms with Crippen molar-refractivity contribution in [1.29, 1.82) is 0 Å². The molecule has 0 spiro atoms. The van der Waals surface area contributed by atoms with Crippen LogP contribution >= 0.6 is 11.8 Å². The summed E-state index contributed by atoms with van der Waals surface area (Å²) in [5.74, 6) is -0.355. The number of benzene rings is 2. The number of carbonyl (C=O) groups excluding carboxylic acids is 2. The Morgan fingerprint density at radius 3 is 2.44 bits per heavy atom. The molecule has 0 aromatic heterocycles. The van der Waals surface area contributed by atoms with Crippen molar-refractivity contribution >= 4 is 23.6 Å².